The number of fused-ring (bicyclic) bond motifs is 1. The van der Waals surface area contributed by atoms with E-state index in [-0.39, 0.29) is 28.2 Å². The molecule has 1 fully saturated rings. The first kappa shape index (κ1) is 24.5. The van der Waals surface area contributed by atoms with Crippen LogP contribution in [0.4, 0.5) is 13.2 Å². The fourth-order valence-corrected chi connectivity index (χ4v) is 4.43. The van der Waals surface area contributed by atoms with E-state index in [1.807, 2.05) is 0 Å². The molecule has 5 rings (SSSR count). The number of hydrogen-bond acceptors (Lipinski definition) is 4. The SMILES string of the molecule is O=C(O)c1ccc(-c2nn(C(=O)c3c(Cl)cccc3C(F)(F)F)c3cc(C(=O)N4CCC4)ccc23)cc1. The summed E-state index contributed by atoms with van der Waals surface area (Å²) in [7, 11) is 0. The molecule has 4 aromatic rings. The van der Waals surface area contributed by atoms with Crippen LogP contribution in [-0.2, 0) is 6.18 Å². The van der Waals surface area contributed by atoms with Gasteiger partial charge in [0.15, 0.2) is 0 Å². The number of likely N-dealkylation sites (tertiary alicyclic amines) is 1. The Morgan fingerprint density at radius 1 is 0.919 bits per heavy atom. The van der Waals surface area contributed by atoms with Crippen molar-refractivity contribution in [2.45, 2.75) is 12.6 Å². The van der Waals surface area contributed by atoms with E-state index in [1.165, 1.54) is 36.4 Å². The highest BCUT2D eigenvalue weighted by atomic mass is 35.5. The van der Waals surface area contributed by atoms with Gasteiger partial charge >= 0.3 is 12.1 Å². The van der Waals surface area contributed by atoms with E-state index in [1.54, 1.807) is 17.0 Å². The smallest absolute Gasteiger partial charge is 0.417 e. The van der Waals surface area contributed by atoms with Gasteiger partial charge in [0, 0.05) is 29.6 Å². The molecular formula is C26H17ClF3N3O4. The van der Waals surface area contributed by atoms with Gasteiger partial charge in [0.25, 0.3) is 11.8 Å². The molecule has 0 radical (unpaired) electrons. The van der Waals surface area contributed by atoms with Gasteiger partial charge in [-0.3, -0.25) is 9.59 Å². The molecule has 37 heavy (non-hydrogen) atoms. The van der Waals surface area contributed by atoms with Crippen molar-refractivity contribution < 1.29 is 32.7 Å². The van der Waals surface area contributed by atoms with E-state index < -0.39 is 34.2 Å². The van der Waals surface area contributed by atoms with Gasteiger partial charge in [-0.15, -0.1) is 0 Å². The molecule has 0 atom stereocenters. The van der Waals surface area contributed by atoms with E-state index >= 15 is 0 Å². The molecule has 1 aromatic heterocycles. The summed E-state index contributed by atoms with van der Waals surface area (Å²) in [5.74, 6) is -2.52. The fraction of sp³-hybridized carbons (Fsp3) is 0.154. The van der Waals surface area contributed by atoms with Gasteiger partial charge in [0.2, 0.25) is 0 Å². The van der Waals surface area contributed by atoms with E-state index in [0.29, 0.717) is 24.0 Å². The molecule has 1 aliphatic rings. The number of carbonyl (C=O) groups excluding carboxylic acids is 2. The molecule has 3 aromatic carbocycles. The standard InChI is InChI=1S/C26H17ClF3N3O4/c27-19-4-1-3-18(26(28,29)30)21(19)24(35)33-20-13-16(23(34)32-11-2-12-32)9-10-17(20)22(31-33)14-5-7-15(8-6-14)25(36)37/h1,3-10,13H,2,11-12H2,(H,36,37). The lowest BCUT2D eigenvalue weighted by Crippen LogP contribution is -2.42. The van der Waals surface area contributed by atoms with Crippen LogP contribution >= 0.6 is 11.6 Å². The maximum Gasteiger partial charge on any atom is 0.417 e. The second-order valence-electron chi connectivity index (χ2n) is 8.49. The number of hydrogen-bond donors (Lipinski definition) is 1. The molecule has 1 N–H and O–H groups in total. The van der Waals surface area contributed by atoms with Crippen LogP contribution in [0, 0.1) is 0 Å². The molecule has 7 nitrogen and oxygen atoms in total. The maximum atomic E-state index is 13.8. The zero-order valence-corrected chi connectivity index (χ0v) is 19.7. The zero-order valence-electron chi connectivity index (χ0n) is 18.9. The van der Waals surface area contributed by atoms with Crippen molar-refractivity contribution >= 4 is 40.3 Å². The summed E-state index contributed by atoms with van der Waals surface area (Å²) in [6, 6.07) is 13.2. The van der Waals surface area contributed by atoms with Gasteiger partial charge in [0.1, 0.15) is 5.69 Å². The average Bonchev–Trinajstić information content (AvgIpc) is 3.20. The molecule has 11 heteroatoms. The summed E-state index contributed by atoms with van der Waals surface area (Å²) in [4.78, 5) is 39.2. The quantitative estimate of drug-likeness (QED) is 0.372. The molecule has 0 aliphatic carbocycles. The van der Waals surface area contributed by atoms with Crippen molar-refractivity contribution in [3.63, 3.8) is 0 Å². The van der Waals surface area contributed by atoms with Crippen LogP contribution in [0.1, 0.15) is 43.1 Å². The summed E-state index contributed by atoms with van der Waals surface area (Å²) in [5, 5.41) is 13.5. The molecule has 0 bridgehead atoms. The van der Waals surface area contributed by atoms with Crippen LogP contribution < -0.4 is 0 Å². The second-order valence-corrected chi connectivity index (χ2v) is 8.89. The van der Waals surface area contributed by atoms with Crippen LogP contribution in [0.25, 0.3) is 22.2 Å². The minimum absolute atomic E-state index is 0.0249. The number of aromatic nitrogens is 2. The van der Waals surface area contributed by atoms with Crippen molar-refractivity contribution in [2.24, 2.45) is 0 Å². The fourth-order valence-electron chi connectivity index (χ4n) is 4.17. The summed E-state index contributed by atoms with van der Waals surface area (Å²) in [6.07, 6.45) is -3.99. The van der Waals surface area contributed by atoms with E-state index in [4.69, 9.17) is 11.6 Å². The zero-order chi connectivity index (χ0) is 26.5. The first-order valence-corrected chi connectivity index (χ1v) is 11.5. The van der Waals surface area contributed by atoms with Crippen molar-refractivity contribution in [3.8, 4) is 11.3 Å². The maximum absolute atomic E-state index is 13.8. The van der Waals surface area contributed by atoms with Crippen LogP contribution in [0.2, 0.25) is 5.02 Å². The molecule has 2 heterocycles. The lowest BCUT2D eigenvalue weighted by Gasteiger charge is -2.30. The number of nitrogens with zero attached hydrogens (tertiary/aromatic N) is 3. The number of aromatic carboxylic acids is 1. The molecule has 0 spiro atoms. The molecule has 1 aliphatic heterocycles. The van der Waals surface area contributed by atoms with Gasteiger partial charge < -0.3 is 10.0 Å². The van der Waals surface area contributed by atoms with Crippen LogP contribution in [0.15, 0.2) is 60.7 Å². The number of amides is 1. The third-order valence-electron chi connectivity index (χ3n) is 6.20. The van der Waals surface area contributed by atoms with E-state index in [2.05, 4.69) is 5.10 Å². The summed E-state index contributed by atoms with van der Waals surface area (Å²) in [6.45, 7) is 1.18. The number of benzene rings is 3. The van der Waals surface area contributed by atoms with Crippen LogP contribution in [0.3, 0.4) is 0 Å². The second kappa shape index (κ2) is 9.04. The molecule has 1 saturated heterocycles. The molecular weight excluding hydrogens is 511 g/mol. The Labute approximate surface area is 212 Å². The molecule has 0 unspecified atom stereocenters. The number of carboxylic acids is 1. The highest BCUT2D eigenvalue weighted by Gasteiger charge is 2.37. The Hall–Kier alpha value is -4.18. The Morgan fingerprint density at radius 3 is 2.19 bits per heavy atom. The summed E-state index contributed by atoms with van der Waals surface area (Å²) >= 11 is 6.07. The molecule has 0 saturated carbocycles. The number of carbonyl (C=O) groups is 3. The Bertz CT molecular complexity index is 1570. The van der Waals surface area contributed by atoms with Crippen molar-refractivity contribution in [2.75, 3.05) is 13.1 Å². The monoisotopic (exact) mass is 527 g/mol. The van der Waals surface area contributed by atoms with Gasteiger partial charge in [-0.1, -0.05) is 29.8 Å². The van der Waals surface area contributed by atoms with Gasteiger partial charge in [-0.25, -0.2) is 4.79 Å². The highest BCUT2D eigenvalue weighted by molar-refractivity contribution is 6.34. The Kier molecular flexibility index (Phi) is 5.99. The lowest BCUT2D eigenvalue weighted by atomic mass is 10.0. The van der Waals surface area contributed by atoms with E-state index in [0.717, 1.165) is 23.2 Å². The normalized spacial score (nSPS) is 13.5. The number of halogens is 4. The minimum Gasteiger partial charge on any atom is -0.478 e. The van der Waals surface area contributed by atoms with Crippen molar-refractivity contribution in [1.82, 2.24) is 14.7 Å². The summed E-state index contributed by atoms with van der Waals surface area (Å²) in [5.41, 5.74) is -0.938. The lowest BCUT2D eigenvalue weighted by molar-refractivity contribution is -0.137. The van der Waals surface area contributed by atoms with E-state index in [9.17, 15) is 32.7 Å². The van der Waals surface area contributed by atoms with Crippen molar-refractivity contribution in [3.05, 3.63) is 87.9 Å². The number of rotatable bonds is 4. The molecule has 188 valence electrons. The third-order valence-corrected chi connectivity index (χ3v) is 6.52. The van der Waals surface area contributed by atoms with Gasteiger partial charge in [-0.05, 0) is 48.9 Å². The topological polar surface area (TPSA) is 92.5 Å². The average molecular weight is 528 g/mol. The summed E-state index contributed by atoms with van der Waals surface area (Å²) < 4.78 is 42.1. The van der Waals surface area contributed by atoms with Crippen LogP contribution in [-0.4, -0.2) is 50.7 Å². The predicted octanol–water partition coefficient (Wildman–Crippen LogP) is 5.61. The molecule has 1 amide bonds. The first-order chi connectivity index (χ1) is 17.6. The minimum atomic E-state index is -4.85. The Balaban J connectivity index is 1.72. The van der Waals surface area contributed by atoms with Gasteiger partial charge in [-0.2, -0.15) is 23.0 Å². The van der Waals surface area contributed by atoms with Gasteiger partial charge in [0.05, 0.1) is 27.2 Å². The highest BCUT2D eigenvalue weighted by Crippen LogP contribution is 2.37. The van der Waals surface area contributed by atoms with Crippen LogP contribution in [0.5, 0.6) is 0 Å². The number of alkyl halides is 3. The number of carboxylic acid groups (broad SMARTS) is 1. The third kappa shape index (κ3) is 4.33. The predicted molar refractivity (Wildman–Crippen MR) is 129 cm³/mol. The first-order valence-electron chi connectivity index (χ1n) is 11.1. The Morgan fingerprint density at radius 2 is 1.59 bits per heavy atom. The largest absolute Gasteiger partial charge is 0.478 e. The van der Waals surface area contributed by atoms with Crippen molar-refractivity contribution in [1.29, 1.82) is 0 Å².